The number of anilines is 1. The minimum atomic E-state index is -4.67. The zero-order chi connectivity index (χ0) is 27.2. The fourth-order valence-electron chi connectivity index (χ4n) is 5.73. The lowest BCUT2D eigenvalue weighted by Gasteiger charge is -2.38. The van der Waals surface area contributed by atoms with Crippen molar-refractivity contribution in [3.8, 4) is 11.3 Å². The highest BCUT2D eigenvalue weighted by Crippen LogP contribution is 2.44. The van der Waals surface area contributed by atoms with E-state index in [1.54, 1.807) is 31.2 Å². The Morgan fingerprint density at radius 1 is 1.21 bits per heavy atom. The fraction of sp³-hybridized carbons (Fsp3) is 0.357. The lowest BCUT2D eigenvalue weighted by atomic mass is 9.80. The molecule has 2 aliphatic rings. The Morgan fingerprint density at radius 2 is 1.89 bits per heavy atom. The van der Waals surface area contributed by atoms with Crippen LogP contribution < -0.4 is 11.2 Å². The molecule has 0 spiro atoms. The zero-order valence-electron chi connectivity index (χ0n) is 21.1. The van der Waals surface area contributed by atoms with Gasteiger partial charge in [-0.1, -0.05) is 30.8 Å². The predicted molar refractivity (Wildman–Crippen MR) is 141 cm³/mol. The summed E-state index contributed by atoms with van der Waals surface area (Å²) in [6.07, 6.45) is -2.72. The number of fused-ring (bicyclic) bond motifs is 3. The summed E-state index contributed by atoms with van der Waals surface area (Å²) in [5.74, 6) is 0. The third kappa shape index (κ3) is 4.63. The van der Waals surface area contributed by atoms with Crippen molar-refractivity contribution in [1.82, 2.24) is 15.4 Å². The molecule has 1 fully saturated rings. The number of nitrogens with two attached hydrogens (primary N) is 1. The van der Waals surface area contributed by atoms with Gasteiger partial charge in [-0.2, -0.15) is 13.2 Å². The smallest absolute Gasteiger partial charge is 0.398 e. The number of aromatic nitrogens is 1. The van der Waals surface area contributed by atoms with Gasteiger partial charge in [0.15, 0.2) is 0 Å². The van der Waals surface area contributed by atoms with Gasteiger partial charge in [-0.25, -0.2) is 4.98 Å². The first-order chi connectivity index (χ1) is 18.1. The van der Waals surface area contributed by atoms with Crippen LogP contribution in [0.2, 0.25) is 0 Å². The van der Waals surface area contributed by atoms with Crippen LogP contribution in [0, 0.1) is 5.41 Å². The van der Waals surface area contributed by atoms with E-state index in [0.29, 0.717) is 59.5 Å². The molecule has 5 rings (SSSR count). The standard InChI is InChI=1S/C28H30F3N5O2/c1-15(32)24-23(33)14-22(28(29,30)31)27-25(24)20-8-7-19(36-9-11-38-12-10-36)13-21(20)26(34-27)18-5-3-17(4-6-18)16(2)35-37/h3-6,14,19,32,35,37H,2,7-13,33H2,1H3. The SMILES string of the molecule is C=C(NO)c1ccc(-c2nc3c(C(F)(F)F)cc(N)c(C(C)=N)c3c3c2CC(N2CCOCC2)CC3)cc1. The molecule has 1 atom stereocenters. The number of alkyl halides is 3. The molecule has 38 heavy (non-hydrogen) atoms. The molecule has 1 unspecified atom stereocenters. The predicted octanol–water partition coefficient (Wildman–Crippen LogP) is 5.03. The third-order valence-corrected chi connectivity index (χ3v) is 7.56. The molecular weight excluding hydrogens is 495 g/mol. The van der Waals surface area contributed by atoms with E-state index in [4.69, 9.17) is 15.9 Å². The van der Waals surface area contributed by atoms with Crippen molar-refractivity contribution in [1.29, 1.82) is 5.41 Å². The second kappa shape index (κ2) is 10.0. The number of aryl methyl sites for hydroxylation is 1. The van der Waals surface area contributed by atoms with Crippen LogP contribution in [0.4, 0.5) is 18.9 Å². The average Bonchev–Trinajstić information content (AvgIpc) is 2.91. The second-order valence-corrected chi connectivity index (χ2v) is 9.86. The molecular formula is C28H30F3N5O2. The molecule has 0 amide bonds. The lowest BCUT2D eigenvalue weighted by molar-refractivity contribution is -0.136. The van der Waals surface area contributed by atoms with E-state index in [1.165, 1.54) is 0 Å². The molecule has 1 saturated heterocycles. The summed E-state index contributed by atoms with van der Waals surface area (Å²) in [4.78, 5) is 7.06. The number of nitrogens with one attached hydrogen (secondary N) is 2. The van der Waals surface area contributed by atoms with Gasteiger partial charge in [0.25, 0.3) is 0 Å². The summed E-state index contributed by atoms with van der Waals surface area (Å²) >= 11 is 0. The molecule has 0 radical (unpaired) electrons. The molecule has 5 N–H and O–H groups in total. The number of morpholine rings is 1. The number of hydrogen-bond acceptors (Lipinski definition) is 7. The van der Waals surface area contributed by atoms with E-state index in [1.807, 2.05) is 5.48 Å². The molecule has 2 heterocycles. The Bertz CT molecular complexity index is 1410. The van der Waals surface area contributed by atoms with Crippen molar-refractivity contribution in [2.75, 3.05) is 32.0 Å². The largest absolute Gasteiger partial charge is 0.418 e. The Kier molecular flexibility index (Phi) is 6.89. The highest BCUT2D eigenvalue weighted by Gasteiger charge is 2.38. The van der Waals surface area contributed by atoms with E-state index in [0.717, 1.165) is 36.7 Å². The molecule has 0 bridgehead atoms. The summed E-state index contributed by atoms with van der Waals surface area (Å²) in [6, 6.07) is 8.13. The van der Waals surface area contributed by atoms with E-state index in [2.05, 4.69) is 16.5 Å². The highest BCUT2D eigenvalue weighted by molar-refractivity contribution is 6.14. The van der Waals surface area contributed by atoms with Crippen molar-refractivity contribution < 1.29 is 23.1 Å². The third-order valence-electron chi connectivity index (χ3n) is 7.56. The number of hydrogen-bond donors (Lipinski definition) is 4. The first kappa shape index (κ1) is 26.1. The molecule has 200 valence electrons. The maximum absolute atomic E-state index is 14.3. The van der Waals surface area contributed by atoms with Crippen molar-refractivity contribution in [3.05, 3.63) is 64.7 Å². The van der Waals surface area contributed by atoms with Crippen LogP contribution in [-0.4, -0.2) is 53.1 Å². The van der Waals surface area contributed by atoms with Crippen LogP contribution in [0.5, 0.6) is 0 Å². The van der Waals surface area contributed by atoms with E-state index >= 15 is 0 Å². The number of halogens is 3. The van der Waals surface area contributed by atoms with Crippen molar-refractivity contribution >= 4 is 28.0 Å². The Morgan fingerprint density at radius 3 is 2.50 bits per heavy atom. The summed E-state index contributed by atoms with van der Waals surface area (Å²) < 4.78 is 48.3. The van der Waals surface area contributed by atoms with Gasteiger partial charge in [0, 0.05) is 47.0 Å². The molecule has 2 aromatic carbocycles. The van der Waals surface area contributed by atoms with Gasteiger partial charge in [-0.05, 0) is 48.9 Å². The average molecular weight is 526 g/mol. The number of hydroxylamine groups is 1. The Hall–Kier alpha value is -3.47. The lowest BCUT2D eigenvalue weighted by Crippen LogP contribution is -2.46. The molecule has 1 aromatic heterocycles. The number of benzene rings is 2. The van der Waals surface area contributed by atoms with Crippen molar-refractivity contribution in [2.24, 2.45) is 0 Å². The number of nitrogen functional groups attached to an aromatic ring is 1. The minimum absolute atomic E-state index is 0.0660. The van der Waals surface area contributed by atoms with Gasteiger partial charge in [-0.3, -0.25) is 15.6 Å². The molecule has 0 saturated carbocycles. The van der Waals surface area contributed by atoms with Gasteiger partial charge in [0.05, 0.1) is 35.7 Å². The van der Waals surface area contributed by atoms with E-state index in [9.17, 15) is 18.4 Å². The summed E-state index contributed by atoms with van der Waals surface area (Å²) in [5.41, 5.74) is 11.2. The van der Waals surface area contributed by atoms with Gasteiger partial charge in [0.1, 0.15) is 0 Å². The first-order valence-corrected chi connectivity index (χ1v) is 12.5. The van der Waals surface area contributed by atoms with E-state index in [-0.39, 0.29) is 23.0 Å². The number of nitrogens with zero attached hydrogens (tertiary/aromatic N) is 2. The van der Waals surface area contributed by atoms with Crippen molar-refractivity contribution in [3.63, 3.8) is 0 Å². The highest BCUT2D eigenvalue weighted by atomic mass is 19.4. The number of rotatable bonds is 5. The Labute approximate surface area is 218 Å². The van der Waals surface area contributed by atoms with Gasteiger partial charge in [0.2, 0.25) is 0 Å². The van der Waals surface area contributed by atoms with Gasteiger partial charge in [-0.15, -0.1) is 0 Å². The summed E-state index contributed by atoms with van der Waals surface area (Å²) in [7, 11) is 0. The second-order valence-electron chi connectivity index (χ2n) is 9.86. The van der Waals surface area contributed by atoms with E-state index < -0.39 is 11.7 Å². The van der Waals surface area contributed by atoms with Gasteiger partial charge < -0.3 is 15.9 Å². The van der Waals surface area contributed by atoms with Crippen molar-refractivity contribution in [2.45, 2.75) is 38.4 Å². The number of pyridine rings is 1. The molecule has 1 aliphatic heterocycles. The minimum Gasteiger partial charge on any atom is -0.398 e. The topological polar surface area (TPSA) is 107 Å². The number of ether oxygens (including phenoxy) is 1. The first-order valence-electron chi connectivity index (χ1n) is 12.5. The molecule has 3 aromatic rings. The Balaban J connectivity index is 1.78. The fourth-order valence-corrected chi connectivity index (χ4v) is 5.73. The zero-order valence-corrected chi connectivity index (χ0v) is 21.1. The monoisotopic (exact) mass is 525 g/mol. The van der Waals surface area contributed by atoms with Crippen LogP contribution in [0.1, 0.15) is 41.2 Å². The molecule has 7 nitrogen and oxygen atoms in total. The van der Waals surface area contributed by atoms with Crippen LogP contribution >= 0.6 is 0 Å². The maximum atomic E-state index is 14.3. The van der Waals surface area contributed by atoms with Crippen LogP contribution in [0.3, 0.4) is 0 Å². The normalized spacial score (nSPS) is 18.3. The summed E-state index contributed by atoms with van der Waals surface area (Å²) in [6.45, 7) is 8.19. The quantitative estimate of drug-likeness (QED) is 0.212. The van der Waals surface area contributed by atoms with Crippen LogP contribution in [0.15, 0.2) is 36.9 Å². The maximum Gasteiger partial charge on any atom is 0.418 e. The summed E-state index contributed by atoms with van der Waals surface area (Å²) in [5, 5.41) is 17.9. The van der Waals surface area contributed by atoms with Crippen LogP contribution in [0.25, 0.3) is 27.9 Å². The molecule has 1 aliphatic carbocycles. The van der Waals surface area contributed by atoms with Gasteiger partial charge >= 0.3 is 6.18 Å². The van der Waals surface area contributed by atoms with Crippen LogP contribution in [-0.2, 0) is 23.8 Å². The molecule has 10 heteroatoms.